The number of amides is 1. The molecule has 0 radical (unpaired) electrons. The van der Waals surface area contributed by atoms with Crippen LogP contribution in [0.15, 0.2) is 36.7 Å². The van der Waals surface area contributed by atoms with Gasteiger partial charge < -0.3 is 10.2 Å². The summed E-state index contributed by atoms with van der Waals surface area (Å²) >= 11 is 0. The minimum absolute atomic E-state index is 0.153. The molecule has 144 valence electrons. The third-order valence-electron chi connectivity index (χ3n) is 4.60. The van der Waals surface area contributed by atoms with Crippen LogP contribution in [0.4, 0.5) is 23.4 Å². The van der Waals surface area contributed by atoms with Crippen LogP contribution in [0.3, 0.4) is 0 Å². The van der Waals surface area contributed by atoms with Crippen molar-refractivity contribution in [2.45, 2.75) is 31.5 Å². The van der Waals surface area contributed by atoms with Crippen LogP contribution >= 0.6 is 0 Å². The average Bonchev–Trinajstić information content (AvgIpc) is 2.62. The zero-order chi connectivity index (χ0) is 19.6. The molecule has 9 heteroatoms. The fraction of sp³-hybridized carbons (Fsp3) is 0.389. The highest BCUT2D eigenvalue weighted by molar-refractivity contribution is 5.82. The van der Waals surface area contributed by atoms with Crippen LogP contribution in [0.25, 0.3) is 0 Å². The van der Waals surface area contributed by atoms with Gasteiger partial charge in [-0.15, -0.1) is 0 Å². The Hall–Kier alpha value is -2.71. The smallest absolute Gasteiger partial charge is 0.354 e. The Labute approximate surface area is 153 Å². The Morgan fingerprint density at radius 3 is 2.56 bits per heavy atom. The van der Waals surface area contributed by atoms with Gasteiger partial charge in [-0.05, 0) is 31.0 Å². The molecule has 1 fully saturated rings. The van der Waals surface area contributed by atoms with Crippen LogP contribution in [0.2, 0.25) is 0 Å². The summed E-state index contributed by atoms with van der Waals surface area (Å²) in [5, 5.41) is 2.09. The predicted octanol–water partition coefficient (Wildman–Crippen LogP) is 2.97. The largest absolute Gasteiger partial charge is 0.471 e. The molecule has 27 heavy (non-hydrogen) atoms. The van der Waals surface area contributed by atoms with Crippen LogP contribution < -0.4 is 10.2 Å². The number of carbonyl (C=O) groups is 1. The number of hydrogen-bond donors (Lipinski definition) is 1. The Morgan fingerprint density at radius 1 is 1.22 bits per heavy atom. The maximum Gasteiger partial charge on any atom is 0.471 e. The van der Waals surface area contributed by atoms with Gasteiger partial charge in [0.1, 0.15) is 18.0 Å². The van der Waals surface area contributed by atoms with Crippen LogP contribution in [0, 0.1) is 12.7 Å². The number of anilines is 1. The summed E-state index contributed by atoms with van der Waals surface area (Å²) in [6, 6.07) is 6.54. The van der Waals surface area contributed by atoms with Crippen molar-refractivity contribution < 1.29 is 22.4 Å². The second-order valence-electron chi connectivity index (χ2n) is 6.49. The van der Waals surface area contributed by atoms with Gasteiger partial charge in [0.25, 0.3) is 0 Å². The predicted molar refractivity (Wildman–Crippen MR) is 90.7 cm³/mol. The van der Waals surface area contributed by atoms with Crippen molar-refractivity contribution in [1.29, 1.82) is 0 Å². The lowest BCUT2D eigenvalue weighted by Gasteiger charge is -2.40. The van der Waals surface area contributed by atoms with E-state index in [1.165, 1.54) is 30.6 Å². The first-order valence-electron chi connectivity index (χ1n) is 8.41. The Bertz CT molecular complexity index is 810. The molecule has 5 nitrogen and oxygen atoms in total. The van der Waals surface area contributed by atoms with Crippen molar-refractivity contribution in [1.82, 2.24) is 15.3 Å². The van der Waals surface area contributed by atoms with Gasteiger partial charge in [-0.25, -0.2) is 14.4 Å². The molecule has 2 aromatic rings. The number of piperidine rings is 1. The SMILES string of the molecule is Cc1cc(N2CCC(c3ccc(F)cc3)C(NC(=O)C(F)(F)F)C2)ncn1. The summed E-state index contributed by atoms with van der Waals surface area (Å²) in [7, 11) is 0. The molecule has 0 saturated carbocycles. The summed E-state index contributed by atoms with van der Waals surface area (Å²) in [6.45, 7) is 2.48. The van der Waals surface area contributed by atoms with E-state index in [-0.39, 0.29) is 12.5 Å². The van der Waals surface area contributed by atoms with Gasteiger partial charge in [-0.1, -0.05) is 12.1 Å². The van der Waals surface area contributed by atoms with E-state index in [1.807, 2.05) is 4.90 Å². The summed E-state index contributed by atoms with van der Waals surface area (Å²) in [6.07, 6.45) is -3.10. The van der Waals surface area contributed by atoms with E-state index in [1.54, 1.807) is 13.0 Å². The summed E-state index contributed by atoms with van der Waals surface area (Å²) < 4.78 is 51.5. The lowest BCUT2D eigenvalue weighted by molar-refractivity contribution is -0.174. The van der Waals surface area contributed by atoms with Gasteiger partial charge in [-0.3, -0.25) is 4.79 Å². The second-order valence-corrected chi connectivity index (χ2v) is 6.49. The minimum atomic E-state index is -4.97. The van der Waals surface area contributed by atoms with Crippen LogP contribution in [-0.2, 0) is 4.79 Å². The molecule has 1 aliphatic heterocycles. The first-order chi connectivity index (χ1) is 12.7. The normalized spacial score (nSPS) is 20.4. The summed E-state index contributed by atoms with van der Waals surface area (Å²) in [5.41, 5.74) is 1.42. The van der Waals surface area contributed by atoms with Crippen molar-refractivity contribution in [3.05, 3.63) is 53.7 Å². The highest BCUT2D eigenvalue weighted by Crippen LogP contribution is 2.31. The molecule has 1 aliphatic rings. The molecule has 1 aromatic carbocycles. The van der Waals surface area contributed by atoms with Gasteiger partial charge in [-0.2, -0.15) is 13.2 Å². The third-order valence-corrected chi connectivity index (χ3v) is 4.60. The zero-order valence-corrected chi connectivity index (χ0v) is 14.5. The fourth-order valence-corrected chi connectivity index (χ4v) is 3.28. The van der Waals surface area contributed by atoms with Crippen LogP contribution in [0.1, 0.15) is 23.6 Å². The van der Waals surface area contributed by atoms with Gasteiger partial charge in [0.05, 0.1) is 6.04 Å². The second kappa shape index (κ2) is 7.50. The van der Waals surface area contributed by atoms with Crippen molar-refractivity contribution in [3.8, 4) is 0 Å². The van der Waals surface area contributed by atoms with E-state index in [0.717, 1.165) is 5.69 Å². The van der Waals surface area contributed by atoms with Gasteiger partial charge in [0.2, 0.25) is 0 Å². The number of rotatable bonds is 3. The number of alkyl halides is 3. The fourth-order valence-electron chi connectivity index (χ4n) is 3.28. The van der Waals surface area contributed by atoms with Crippen LogP contribution in [-0.4, -0.2) is 41.2 Å². The van der Waals surface area contributed by atoms with Crippen molar-refractivity contribution >= 4 is 11.7 Å². The zero-order valence-electron chi connectivity index (χ0n) is 14.5. The molecule has 0 spiro atoms. The highest BCUT2D eigenvalue weighted by atomic mass is 19.4. The summed E-state index contributed by atoms with van der Waals surface area (Å²) in [5.74, 6) is -2.19. The lowest BCUT2D eigenvalue weighted by Crippen LogP contribution is -2.54. The topological polar surface area (TPSA) is 58.1 Å². The van der Waals surface area contributed by atoms with E-state index in [9.17, 15) is 22.4 Å². The molecule has 0 aliphatic carbocycles. The van der Waals surface area contributed by atoms with E-state index < -0.39 is 23.9 Å². The maximum absolute atomic E-state index is 13.2. The molecule has 2 heterocycles. The van der Waals surface area contributed by atoms with Gasteiger partial charge in [0, 0.05) is 30.8 Å². The molecule has 3 rings (SSSR count). The number of nitrogens with zero attached hydrogens (tertiary/aromatic N) is 3. The first-order valence-corrected chi connectivity index (χ1v) is 8.41. The quantitative estimate of drug-likeness (QED) is 0.830. The standard InChI is InChI=1S/C18H18F4N4O/c1-11-8-16(24-10-23-11)26-7-6-14(12-2-4-13(19)5-3-12)15(9-26)25-17(27)18(20,21)22/h2-5,8,10,14-15H,6-7,9H2,1H3,(H,25,27). The molecule has 1 aromatic heterocycles. The third kappa shape index (κ3) is 4.53. The number of carbonyl (C=O) groups excluding carboxylic acids is 1. The first kappa shape index (κ1) is 19.1. The Balaban J connectivity index is 1.85. The van der Waals surface area contributed by atoms with E-state index in [0.29, 0.717) is 24.3 Å². The van der Waals surface area contributed by atoms with E-state index in [4.69, 9.17) is 0 Å². The molecule has 2 atom stereocenters. The van der Waals surface area contributed by atoms with E-state index in [2.05, 4.69) is 15.3 Å². The van der Waals surface area contributed by atoms with Crippen molar-refractivity contribution in [2.75, 3.05) is 18.0 Å². The van der Waals surface area contributed by atoms with Gasteiger partial charge >= 0.3 is 12.1 Å². The molecule has 0 bridgehead atoms. The molecule has 1 saturated heterocycles. The molecular weight excluding hydrogens is 364 g/mol. The number of aromatic nitrogens is 2. The van der Waals surface area contributed by atoms with Gasteiger partial charge in [0.15, 0.2) is 0 Å². The number of halogens is 4. The minimum Gasteiger partial charge on any atom is -0.354 e. The number of aryl methyl sites for hydroxylation is 1. The average molecular weight is 382 g/mol. The van der Waals surface area contributed by atoms with E-state index >= 15 is 0 Å². The number of hydrogen-bond acceptors (Lipinski definition) is 4. The van der Waals surface area contributed by atoms with Crippen LogP contribution in [0.5, 0.6) is 0 Å². The van der Waals surface area contributed by atoms with Crippen molar-refractivity contribution in [2.24, 2.45) is 0 Å². The number of benzene rings is 1. The maximum atomic E-state index is 13.2. The highest BCUT2D eigenvalue weighted by Gasteiger charge is 2.42. The monoisotopic (exact) mass is 382 g/mol. The van der Waals surface area contributed by atoms with Crippen molar-refractivity contribution in [3.63, 3.8) is 0 Å². The number of nitrogens with one attached hydrogen (secondary N) is 1. The Kier molecular flexibility index (Phi) is 5.29. The molecular formula is C18H18F4N4O. The molecule has 2 unspecified atom stereocenters. The molecule has 1 amide bonds. The summed E-state index contributed by atoms with van der Waals surface area (Å²) in [4.78, 5) is 21.5. The Morgan fingerprint density at radius 2 is 1.93 bits per heavy atom. The molecule has 1 N–H and O–H groups in total. The lowest BCUT2D eigenvalue weighted by atomic mass is 9.85.